The minimum atomic E-state index is -0.160. The number of methoxy groups -OCH3 is 1. The van der Waals surface area contributed by atoms with Crippen molar-refractivity contribution in [3.05, 3.63) is 29.6 Å². The molecule has 0 aliphatic carbocycles. The summed E-state index contributed by atoms with van der Waals surface area (Å²) in [5.41, 5.74) is 6.24. The van der Waals surface area contributed by atoms with Gasteiger partial charge in [0.1, 0.15) is 5.69 Å². The molecule has 1 rings (SSSR count). The van der Waals surface area contributed by atoms with E-state index in [0.717, 1.165) is 6.42 Å². The number of hydrogen-bond donors (Lipinski definition) is 2. The number of carbonyl (C=O) groups is 1. The highest BCUT2D eigenvalue weighted by Gasteiger charge is 2.21. The summed E-state index contributed by atoms with van der Waals surface area (Å²) in [4.78, 5) is 18.3. The van der Waals surface area contributed by atoms with Gasteiger partial charge in [0.2, 0.25) is 0 Å². The first-order valence-electron chi connectivity index (χ1n) is 6.79. The van der Waals surface area contributed by atoms with Gasteiger partial charge in [0, 0.05) is 31.5 Å². The highest BCUT2D eigenvalue weighted by Crippen LogP contribution is 2.10. The zero-order valence-electron chi connectivity index (χ0n) is 12.6. The van der Waals surface area contributed by atoms with Crippen molar-refractivity contribution in [1.82, 2.24) is 9.88 Å². The van der Waals surface area contributed by atoms with Gasteiger partial charge >= 0.3 is 0 Å². The van der Waals surface area contributed by atoms with Crippen LogP contribution in [0.4, 0.5) is 0 Å². The van der Waals surface area contributed by atoms with Crippen LogP contribution in [0.25, 0.3) is 0 Å². The maximum Gasteiger partial charge on any atom is 0.272 e. The first-order valence-corrected chi connectivity index (χ1v) is 6.79. The lowest BCUT2D eigenvalue weighted by Crippen LogP contribution is -2.40. The number of hydrogen-bond acceptors (Lipinski definition) is 5. The van der Waals surface area contributed by atoms with Gasteiger partial charge in [0.15, 0.2) is 5.84 Å². The van der Waals surface area contributed by atoms with Gasteiger partial charge in [0.05, 0.1) is 6.61 Å². The molecule has 1 amide bonds. The van der Waals surface area contributed by atoms with E-state index in [4.69, 9.17) is 15.7 Å². The summed E-state index contributed by atoms with van der Waals surface area (Å²) in [5.74, 6) is -0.202. The topological polar surface area (TPSA) is 101 Å². The summed E-state index contributed by atoms with van der Waals surface area (Å²) in [6, 6.07) is 3.26. The number of pyridine rings is 1. The normalized spacial score (nSPS) is 13.0. The summed E-state index contributed by atoms with van der Waals surface area (Å²) in [6.07, 6.45) is 2.26. The van der Waals surface area contributed by atoms with Crippen molar-refractivity contribution >= 4 is 11.7 Å². The lowest BCUT2D eigenvalue weighted by atomic mass is 10.2. The Morgan fingerprint density at radius 1 is 1.57 bits per heavy atom. The molecule has 0 spiro atoms. The third kappa shape index (κ3) is 4.42. The summed E-state index contributed by atoms with van der Waals surface area (Å²) in [7, 11) is 1.60. The number of amides is 1. The molecule has 0 aliphatic rings. The summed E-state index contributed by atoms with van der Waals surface area (Å²) in [6.45, 7) is 4.98. The molecule has 7 nitrogen and oxygen atoms in total. The van der Waals surface area contributed by atoms with Crippen LogP contribution in [-0.2, 0) is 4.74 Å². The zero-order chi connectivity index (χ0) is 15.8. The molecule has 0 bridgehead atoms. The van der Waals surface area contributed by atoms with E-state index in [1.165, 1.54) is 6.20 Å². The van der Waals surface area contributed by atoms with Crippen molar-refractivity contribution in [1.29, 1.82) is 0 Å². The number of aromatic nitrogens is 1. The van der Waals surface area contributed by atoms with E-state index in [-0.39, 0.29) is 17.8 Å². The molecule has 21 heavy (non-hydrogen) atoms. The molecule has 0 saturated carbocycles. The highest BCUT2D eigenvalue weighted by molar-refractivity contribution is 5.98. The molecule has 0 saturated heterocycles. The number of ether oxygens (including phenoxy) is 1. The molecule has 1 aromatic heterocycles. The third-order valence-corrected chi connectivity index (χ3v) is 3.31. The predicted octanol–water partition coefficient (Wildman–Crippen LogP) is 1.06. The van der Waals surface area contributed by atoms with E-state index >= 15 is 0 Å². The largest absolute Gasteiger partial charge is 0.409 e. The molecule has 116 valence electrons. The number of nitrogens with zero attached hydrogens (tertiary/aromatic N) is 3. The number of rotatable bonds is 7. The van der Waals surface area contributed by atoms with Crippen molar-refractivity contribution in [3.8, 4) is 0 Å². The average molecular weight is 294 g/mol. The highest BCUT2D eigenvalue weighted by atomic mass is 16.5. The predicted molar refractivity (Wildman–Crippen MR) is 79.4 cm³/mol. The van der Waals surface area contributed by atoms with Crippen molar-refractivity contribution in [3.63, 3.8) is 0 Å². The summed E-state index contributed by atoms with van der Waals surface area (Å²) in [5, 5.41) is 11.5. The monoisotopic (exact) mass is 294 g/mol. The second-order valence-corrected chi connectivity index (χ2v) is 4.67. The van der Waals surface area contributed by atoms with Gasteiger partial charge in [-0.2, -0.15) is 0 Å². The van der Waals surface area contributed by atoms with Gasteiger partial charge in [-0.1, -0.05) is 12.1 Å². The van der Waals surface area contributed by atoms with Crippen molar-refractivity contribution in [2.24, 2.45) is 10.9 Å². The quantitative estimate of drug-likeness (QED) is 0.339. The van der Waals surface area contributed by atoms with E-state index < -0.39 is 0 Å². The molecule has 1 heterocycles. The van der Waals surface area contributed by atoms with Gasteiger partial charge in [-0.15, -0.1) is 0 Å². The fraction of sp³-hybridized carbons (Fsp3) is 0.500. The smallest absolute Gasteiger partial charge is 0.272 e. The number of oxime groups is 1. The van der Waals surface area contributed by atoms with Crippen molar-refractivity contribution < 1.29 is 14.7 Å². The molecule has 1 aromatic rings. The van der Waals surface area contributed by atoms with Crippen LogP contribution in [0.1, 0.15) is 36.3 Å². The molecular formula is C14H22N4O3. The standard InChI is InChI=1S/C14H22N4O3/c1-4-10(2)18(7-8-21-3)14(19)12-6-5-11(9-16-12)13(15)17-20/h5-6,9-10,20H,4,7-8H2,1-3H3,(H2,15,17). The SMILES string of the molecule is CCC(C)N(CCOC)C(=O)c1ccc(C(N)=NO)cn1. The van der Waals surface area contributed by atoms with E-state index in [9.17, 15) is 4.79 Å². The molecule has 0 aliphatic heterocycles. The minimum absolute atomic E-state index is 0.0420. The fourth-order valence-electron chi connectivity index (χ4n) is 1.81. The fourth-order valence-corrected chi connectivity index (χ4v) is 1.81. The van der Waals surface area contributed by atoms with Crippen molar-refractivity contribution in [2.75, 3.05) is 20.3 Å². The Labute approximate surface area is 124 Å². The number of nitrogens with two attached hydrogens (primary N) is 1. The molecule has 1 atom stereocenters. The molecule has 0 radical (unpaired) electrons. The average Bonchev–Trinajstić information content (AvgIpc) is 2.53. The second kappa shape index (κ2) is 8.21. The lowest BCUT2D eigenvalue weighted by Gasteiger charge is -2.28. The molecule has 1 unspecified atom stereocenters. The molecular weight excluding hydrogens is 272 g/mol. The summed E-state index contributed by atoms with van der Waals surface area (Å²) >= 11 is 0. The van der Waals surface area contributed by atoms with Gasteiger partial charge in [-0.25, -0.2) is 0 Å². The van der Waals surface area contributed by atoms with E-state index in [2.05, 4.69) is 10.1 Å². The van der Waals surface area contributed by atoms with Gasteiger partial charge in [-0.05, 0) is 25.5 Å². The van der Waals surface area contributed by atoms with Gasteiger partial charge in [-0.3, -0.25) is 9.78 Å². The maximum absolute atomic E-state index is 12.5. The Morgan fingerprint density at radius 2 is 2.29 bits per heavy atom. The van der Waals surface area contributed by atoms with Crippen LogP contribution in [0.2, 0.25) is 0 Å². The van der Waals surface area contributed by atoms with E-state index in [1.54, 1.807) is 24.1 Å². The summed E-state index contributed by atoms with van der Waals surface area (Å²) < 4.78 is 5.04. The van der Waals surface area contributed by atoms with E-state index in [0.29, 0.717) is 24.4 Å². The Hall–Kier alpha value is -2.15. The van der Waals surface area contributed by atoms with Crippen LogP contribution >= 0.6 is 0 Å². The number of amidine groups is 1. The van der Waals surface area contributed by atoms with Crippen molar-refractivity contribution in [2.45, 2.75) is 26.3 Å². The Kier molecular flexibility index (Phi) is 6.61. The van der Waals surface area contributed by atoms with Gasteiger partial charge < -0.3 is 20.6 Å². The second-order valence-electron chi connectivity index (χ2n) is 4.67. The maximum atomic E-state index is 12.5. The third-order valence-electron chi connectivity index (χ3n) is 3.31. The zero-order valence-corrected chi connectivity index (χ0v) is 12.6. The molecule has 3 N–H and O–H groups in total. The van der Waals surface area contributed by atoms with Crippen LogP contribution in [0.15, 0.2) is 23.5 Å². The van der Waals surface area contributed by atoms with Crippen LogP contribution < -0.4 is 5.73 Å². The Bertz CT molecular complexity index is 487. The van der Waals surface area contributed by atoms with E-state index in [1.807, 2.05) is 13.8 Å². The van der Waals surface area contributed by atoms with Crippen LogP contribution in [-0.4, -0.2) is 53.1 Å². The van der Waals surface area contributed by atoms with Crippen LogP contribution in [0.3, 0.4) is 0 Å². The minimum Gasteiger partial charge on any atom is -0.409 e. The lowest BCUT2D eigenvalue weighted by molar-refractivity contribution is 0.0608. The molecule has 0 fully saturated rings. The van der Waals surface area contributed by atoms with Crippen LogP contribution in [0.5, 0.6) is 0 Å². The Morgan fingerprint density at radius 3 is 2.76 bits per heavy atom. The molecule has 7 heteroatoms. The molecule has 0 aromatic carbocycles. The van der Waals surface area contributed by atoms with Crippen LogP contribution in [0, 0.1) is 0 Å². The first kappa shape index (κ1) is 16.9. The number of carbonyl (C=O) groups excluding carboxylic acids is 1. The van der Waals surface area contributed by atoms with Gasteiger partial charge in [0.25, 0.3) is 5.91 Å². The Balaban J connectivity index is 2.92. The first-order chi connectivity index (χ1) is 10.0.